The maximum absolute atomic E-state index is 4.97. The Bertz CT molecular complexity index is 1710. The van der Waals surface area contributed by atoms with Gasteiger partial charge in [-0.05, 0) is 67.3 Å². The molecule has 0 aromatic carbocycles. The van der Waals surface area contributed by atoms with E-state index in [9.17, 15) is 0 Å². The summed E-state index contributed by atoms with van der Waals surface area (Å²) in [7, 11) is 0. The minimum absolute atomic E-state index is 0.629. The minimum Gasteiger partial charge on any atom is -0.336 e. The predicted molar refractivity (Wildman–Crippen MR) is 147 cm³/mol. The van der Waals surface area contributed by atoms with Crippen LogP contribution < -0.4 is 5.32 Å². The number of H-pyrrole nitrogens is 2. The molecule has 7 rings (SSSR count). The van der Waals surface area contributed by atoms with Crippen molar-refractivity contribution in [1.82, 2.24) is 45.4 Å². The van der Waals surface area contributed by atoms with Crippen LogP contribution in [0.5, 0.6) is 0 Å². The quantitative estimate of drug-likeness (QED) is 0.271. The van der Waals surface area contributed by atoms with Crippen molar-refractivity contribution < 1.29 is 0 Å². The Morgan fingerprint density at radius 2 is 1.76 bits per heavy atom. The Labute approximate surface area is 219 Å². The summed E-state index contributed by atoms with van der Waals surface area (Å²) >= 11 is 0. The minimum atomic E-state index is 0.629. The van der Waals surface area contributed by atoms with Gasteiger partial charge < -0.3 is 10.3 Å². The number of hydrogen-bond acceptors (Lipinski definition) is 7. The number of aromatic nitrogens is 8. The van der Waals surface area contributed by atoms with E-state index in [0.29, 0.717) is 11.5 Å². The number of nitrogens with zero attached hydrogens (tertiary/aromatic N) is 6. The zero-order valence-electron chi connectivity index (χ0n) is 20.9. The number of nitrogens with one attached hydrogen (secondary N) is 3. The molecule has 1 aliphatic rings. The fraction of sp³-hybridized carbons (Fsp3) is 0.241. The van der Waals surface area contributed by atoms with Crippen LogP contribution in [0, 0.1) is 5.92 Å². The maximum Gasteiger partial charge on any atom is 0.161 e. The number of rotatable bonds is 7. The average Bonchev–Trinajstić information content (AvgIpc) is 3.73. The van der Waals surface area contributed by atoms with E-state index in [1.807, 2.05) is 48.8 Å². The van der Waals surface area contributed by atoms with Crippen molar-refractivity contribution in [2.75, 3.05) is 6.54 Å². The van der Waals surface area contributed by atoms with Crippen molar-refractivity contribution in [2.45, 2.75) is 32.2 Å². The topological polar surface area (TPSA) is 121 Å². The van der Waals surface area contributed by atoms with Crippen LogP contribution in [0.1, 0.15) is 31.2 Å². The molecule has 9 heteroatoms. The van der Waals surface area contributed by atoms with Crippen LogP contribution in [0.4, 0.5) is 0 Å². The molecule has 6 aromatic heterocycles. The number of pyridine rings is 4. The third-order valence-corrected chi connectivity index (χ3v) is 7.27. The molecule has 9 nitrogen and oxygen atoms in total. The van der Waals surface area contributed by atoms with Gasteiger partial charge in [-0.1, -0.05) is 18.9 Å². The first-order valence-electron chi connectivity index (χ1n) is 13.1. The molecule has 38 heavy (non-hydrogen) atoms. The van der Waals surface area contributed by atoms with Crippen LogP contribution in [0.25, 0.3) is 56.2 Å². The molecular formula is C29H27N9. The summed E-state index contributed by atoms with van der Waals surface area (Å²) in [5.41, 5.74) is 8.34. The van der Waals surface area contributed by atoms with Crippen LogP contribution in [0.3, 0.4) is 0 Å². The highest BCUT2D eigenvalue weighted by atomic mass is 15.2. The molecule has 0 amide bonds. The van der Waals surface area contributed by atoms with Crippen molar-refractivity contribution in [3.8, 4) is 34.2 Å². The Balaban J connectivity index is 1.20. The summed E-state index contributed by atoms with van der Waals surface area (Å²) in [4.78, 5) is 26.7. The van der Waals surface area contributed by atoms with Gasteiger partial charge in [0.05, 0.1) is 22.4 Å². The molecule has 1 fully saturated rings. The van der Waals surface area contributed by atoms with Crippen molar-refractivity contribution in [3.05, 3.63) is 72.8 Å². The van der Waals surface area contributed by atoms with Crippen LogP contribution in [-0.2, 0) is 6.54 Å². The number of fused-ring (bicyclic) bond motifs is 2. The highest BCUT2D eigenvalue weighted by molar-refractivity contribution is 5.94. The average molecular weight is 502 g/mol. The molecule has 0 unspecified atom stereocenters. The highest BCUT2D eigenvalue weighted by Crippen LogP contribution is 2.30. The molecule has 0 aliphatic heterocycles. The number of hydrogen-bond donors (Lipinski definition) is 3. The van der Waals surface area contributed by atoms with Gasteiger partial charge in [0.15, 0.2) is 11.5 Å². The third kappa shape index (κ3) is 4.31. The van der Waals surface area contributed by atoms with E-state index in [1.165, 1.54) is 25.7 Å². The van der Waals surface area contributed by atoms with Gasteiger partial charge >= 0.3 is 0 Å². The lowest BCUT2D eigenvalue weighted by Crippen LogP contribution is -2.20. The zero-order chi connectivity index (χ0) is 25.3. The molecule has 0 saturated heterocycles. The molecule has 1 aliphatic carbocycles. The van der Waals surface area contributed by atoms with E-state index in [1.54, 1.807) is 12.4 Å². The molecule has 6 heterocycles. The monoisotopic (exact) mass is 501 g/mol. The van der Waals surface area contributed by atoms with E-state index in [-0.39, 0.29) is 0 Å². The molecule has 188 valence electrons. The normalized spacial score (nSPS) is 14.1. The first-order valence-corrected chi connectivity index (χ1v) is 13.1. The maximum atomic E-state index is 4.97. The van der Waals surface area contributed by atoms with E-state index in [4.69, 9.17) is 9.97 Å². The summed E-state index contributed by atoms with van der Waals surface area (Å²) in [5.74, 6) is 1.44. The third-order valence-electron chi connectivity index (χ3n) is 7.27. The first-order chi connectivity index (χ1) is 18.8. The SMILES string of the molecule is c1ccc(-c2nccc3[nH]c(-c4n[nH]c5ccc(-c6cncc(CNCC7CCCC7)c6)nc45)nc23)nc1. The lowest BCUT2D eigenvalue weighted by atomic mass is 10.1. The molecular weight excluding hydrogens is 474 g/mol. The van der Waals surface area contributed by atoms with Gasteiger partial charge in [-0.2, -0.15) is 5.10 Å². The second-order valence-corrected chi connectivity index (χ2v) is 9.88. The second kappa shape index (κ2) is 9.75. The van der Waals surface area contributed by atoms with Crippen molar-refractivity contribution >= 4 is 22.1 Å². The van der Waals surface area contributed by atoms with Gasteiger partial charge in [0.2, 0.25) is 0 Å². The van der Waals surface area contributed by atoms with Gasteiger partial charge in [0, 0.05) is 36.9 Å². The number of imidazole rings is 1. The highest BCUT2D eigenvalue weighted by Gasteiger charge is 2.18. The van der Waals surface area contributed by atoms with E-state index < -0.39 is 0 Å². The Morgan fingerprint density at radius 3 is 2.66 bits per heavy atom. The fourth-order valence-electron chi connectivity index (χ4n) is 5.32. The Kier molecular flexibility index (Phi) is 5.82. The molecule has 0 bridgehead atoms. The molecule has 0 atom stereocenters. The zero-order valence-corrected chi connectivity index (χ0v) is 20.9. The molecule has 6 aromatic rings. The fourth-order valence-corrected chi connectivity index (χ4v) is 5.32. The summed E-state index contributed by atoms with van der Waals surface area (Å²) in [6.45, 7) is 1.88. The van der Waals surface area contributed by atoms with E-state index in [0.717, 1.165) is 69.3 Å². The van der Waals surface area contributed by atoms with Crippen molar-refractivity contribution in [3.63, 3.8) is 0 Å². The summed E-state index contributed by atoms with van der Waals surface area (Å²) in [6.07, 6.45) is 12.7. The standard InChI is InChI=1S/C29H27N9/c1-2-6-18(5-1)14-30-15-19-13-20(17-31-16-19)21-8-9-24-27(34-21)28(38-37-24)29-35-23-10-12-33-25(26(23)36-29)22-7-3-4-11-32-22/h3-4,7-13,16-18,30H,1-2,5-6,14-15H2,(H,35,36)(H,37,38). The van der Waals surface area contributed by atoms with E-state index in [2.05, 4.69) is 41.5 Å². The smallest absolute Gasteiger partial charge is 0.161 e. The largest absolute Gasteiger partial charge is 0.336 e. The summed E-state index contributed by atoms with van der Waals surface area (Å²) < 4.78 is 0. The first kappa shape index (κ1) is 22.7. The van der Waals surface area contributed by atoms with Gasteiger partial charge in [-0.15, -0.1) is 0 Å². The van der Waals surface area contributed by atoms with Gasteiger partial charge in [0.1, 0.15) is 16.7 Å². The molecule has 3 N–H and O–H groups in total. The van der Waals surface area contributed by atoms with Crippen LogP contribution in [0.2, 0.25) is 0 Å². The second-order valence-electron chi connectivity index (χ2n) is 9.88. The van der Waals surface area contributed by atoms with Crippen LogP contribution in [0.15, 0.2) is 67.3 Å². The van der Waals surface area contributed by atoms with Gasteiger partial charge in [-0.25, -0.2) is 9.97 Å². The summed E-state index contributed by atoms with van der Waals surface area (Å²) in [6, 6.07) is 13.8. The predicted octanol–water partition coefficient (Wildman–Crippen LogP) is 5.30. The van der Waals surface area contributed by atoms with E-state index >= 15 is 0 Å². The van der Waals surface area contributed by atoms with Crippen molar-refractivity contribution in [1.29, 1.82) is 0 Å². The molecule has 1 saturated carbocycles. The molecule has 0 radical (unpaired) electrons. The molecule has 0 spiro atoms. The van der Waals surface area contributed by atoms with Gasteiger partial charge in [-0.3, -0.25) is 20.1 Å². The lowest BCUT2D eigenvalue weighted by molar-refractivity contribution is 0.489. The summed E-state index contributed by atoms with van der Waals surface area (Å²) in [5, 5.41) is 11.3. The van der Waals surface area contributed by atoms with Crippen LogP contribution >= 0.6 is 0 Å². The van der Waals surface area contributed by atoms with Crippen molar-refractivity contribution in [2.24, 2.45) is 5.92 Å². The van der Waals surface area contributed by atoms with Gasteiger partial charge in [0.25, 0.3) is 0 Å². The lowest BCUT2D eigenvalue weighted by Gasteiger charge is -2.11. The Morgan fingerprint density at radius 1 is 0.842 bits per heavy atom. The number of aromatic amines is 2. The Hall–Kier alpha value is -4.50. The van der Waals surface area contributed by atoms with Crippen LogP contribution in [-0.4, -0.2) is 46.6 Å².